The number of alkyl halides is 9. The lowest BCUT2D eigenvalue weighted by molar-refractivity contribution is -0.382. The van der Waals surface area contributed by atoms with Gasteiger partial charge in [-0.25, -0.2) is 8.42 Å². The highest BCUT2D eigenvalue weighted by molar-refractivity contribution is 8.00. The number of sulfonamides is 1. The molecule has 0 aromatic carbocycles. The molecule has 5 nitrogen and oxygen atoms in total. The number of rotatable bonds is 5. The summed E-state index contributed by atoms with van der Waals surface area (Å²) in [6.07, 6.45) is -7.22. The Kier molecular flexibility index (Phi) is 4.84. The standard InChI is InChI=1S/C4H2F9NO4S2/c5-1(6,3(9,10)11)2(7,8)4(12,13)20(17,18)14-19(15)16/h14H,(H,15,16)/p-1. The molecule has 0 rings (SSSR count). The van der Waals surface area contributed by atoms with Gasteiger partial charge >= 0.3 is 23.3 Å². The van der Waals surface area contributed by atoms with Crippen LogP contribution in [0.15, 0.2) is 0 Å². The van der Waals surface area contributed by atoms with Crippen molar-refractivity contribution in [1.82, 2.24) is 4.13 Å². The number of hydrogen-bond donors (Lipinski definition) is 1. The molecule has 0 heterocycles. The minimum atomic E-state index is -7.47. The van der Waals surface area contributed by atoms with Crippen molar-refractivity contribution < 1.29 is 56.7 Å². The molecule has 0 radical (unpaired) electrons. The van der Waals surface area contributed by atoms with Crippen molar-refractivity contribution in [3.05, 3.63) is 0 Å². The van der Waals surface area contributed by atoms with Crippen LogP contribution >= 0.6 is 0 Å². The van der Waals surface area contributed by atoms with Gasteiger partial charge in [-0.3, -0.25) is 4.21 Å². The second kappa shape index (κ2) is 4.99. The minimum Gasteiger partial charge on any atom is -0.759 e. The Morgan fingerprint density at radius 3 is 1.45 bits per heavy atom. The molecule has 0 saturated heterocycles. The van der Waals surface area contributed by atoms with E-state index in [1.54, 1.807) is 0 Å². The first-order valence-corrected chi connectivity index (χ1v) is 6.29. The van der Waals surface area contributed by atoms with Crippen LogP contribution in [-0.4, -0.2) is 40.5 Å². The Morgan fingerprint density at radius 1 is 0.850 bits per heavy atom. The molecular formula is C4HF9NO4S2-. The van der Waals surface area contributed by atoms with Gasteiger partial charge in [-0.15, -0.1) is 4.13 Å². The Morgan fingerprint density at radius 2 is 1.20 bits per heavy atom. The molecule has 20 heavy (non-hydrogen) atoms. The maximum atomic E-state index is 12.7. The molecule has 1 atom stereocenters. The topological polar surface area (TPSA) is 86.3 Å². The van der Waals surface area contributed by atoms with E-state index in [1.165, 1.54) is 0 Å². The van der Waals surface area contributed by atoms with Crippen molar-refractivity contribution in [3.8, 4) is 0 Å². The van der Waals surface area contributed by atoms with E-state index in [2.05, 4.69) is 0 Å². The molecule has 0 aliphatic carbocycles. The third-order valence-corrected chi connectivity index (χ3v) is 3.98. The molecule has 0 aromatic rings. The van der Waals surface area contributed by atoms with Crippen LogP contribution in [0.3, 0.4) is 0 Å². The third kappa shape index (κ3) is 2.86. The van der Waals surface area contributed by atoms with E-state index in [4.69, 9.17) is 0 Å². The fraction of sp³-hybridized carbons (Fsp3) is 1.00. The van der Waals surface area contributed by atoms with Crippen LogP contribution in [0.1, 0.15) is 0 Å². The second-order valence-corrected chi connectivity index (χ2v) is 5.64. The monoisotopic (exact) mass is 362 g/mol. The van der Waals surface area contributed by atoms with Crippen molar-refractivity contribution >= 4 is 21.3 Å². The van der Waals surface area contributed by atoms with Crippen molar-refractivity contribution in [2.45, 2.75) is 23.3 Å². The van der Waals surface area contributed by atoms with Crippen molar-refractivity contribution in [1.29, 1.82) is 0 Å². The largest absolute Gasteiger partial charge is 0.759 e. The van der Waals surface area contributed by atoms with E-state index >= 15 is 0 Å². The van der Waals surface area contributed by atoms with Crippen LogP contribution < -0.4 is 4.13 Å². The van der Waals surface area contributed by atoms with E-state index in [0.29, 0.717) is 0 Å². The van der Waals surface area contributed by atoms with E-state index in [1.807, 2.05) is 0 Å². The number of hydrogen-bond acceptors (Lipinski definition) is 4. The zero-order chi connectivity index (χ0) is 16.8. The number of halogens is 9. The van der Waals surface area contributed by atoms with Gasteiger partial charge in [0.2, 0.25) is 0 Å². The van der Waals surface area contributed by atoms with Crippen LogP contribution in [0.4, 0.5) is 39.5 Å². The maximum absolute atomic E-state index is 12.7. The summed E-state index contributed by atoms with van der Waals surface area (Å²) in [6, 6.07) is 0. The maximum Gasteiger partial charge on any atom is 0.460 e. The quantitative estimate of drug-likeness (QED) is 0.587. The van der Waals surface area contributed by atoms with Gasteiger partial charge in [0.15, 0.2) is 0 Å². The lowest BCUT2D eigenvalue weighted by Gasteiger charge is -2.33. The third-order valence-electron chi connectivity index (χ3n) is 1.63. The molecule has 16 heteroatoms. The SMILES string of the molecule is O=S([O-])NS(=O)(=O)C(F)(F)C(F)(F)C(F)(F)C(F)(F)F. The molecule has 1 N–H and O–H groups in total. The smallest absolute Gasteiger partial charge is 0.460 e. The minimum absolute atomic E-state index is 0.253. The van der Waals surface area contributed by atoms with Crippen LogP contribution in [-0.2, 0) is 21.3 Å². The predicted molar refractivity (Wildman–Crippen MR) is 41.9 cm³/mol. The fourth-order valence-electron chi connectivity index (χ4n) is 0.671. The van der Waals surface area contributed by atoms with Gasteiger partial charge in [0.05, 0.1) is 0 Å². The predicted octanol–water partition coefficient (Wildman–Crippen LogP) is 1.13. The first-order chi connectivity index (χ1) is 8.42. The van der Waals surface area contributed by atoms with Gasteiger partial charge < -0.3 is 4.55 Å². The van der Waals surface area contributed by atoms with E-state index < -0.39 is 44.6 Å². The molecule has 0 spiro atoms. The molecule has 1 unspecified atom stereocenters. The Labute approximate surface area is 106 Å². The average Bonchev–Trinajstić information content (AvgIpc) is 2.12. The van der Waals surface area contributed by atoms with Crippen LogP contribution in [0.2, 0.25) is 0 Å². The van der Waals surface area contributed by atoms with Crippen LogP contribution in [0.5, 0.6) is 0 Å². The van der Waals surface area contributed by atoms with Crippen molar-refractivity contribution in [2.75, 3.05) is 0 Å². The second-order valence-electron chi connectivity index (χ2n) is 2.98. The van der Waals surface area contributed by atoms with Gasteiger partial charge in [-0.1, -0.05) is 0 Å². The number of nitrogens with one attached hydrogen (secondary N) is 1. The zero-order valence-corrected chi connectivity index (χ0v) is 9.98. The lowest BCUT2D eigenvalue weighted by Crippen LogP contribution is -2.65. The highest BCUT2D eigenvalue weighted by Gasteiger charge is 2.85. The summed E-state index contributed by atoms with van der Waals surface area (Å²) in [6.45, 7) is 0. The Bertz CT molecular complexity index is 497. The normalized spacial score (nSPS) is 17.1. The summed E-state index contributed by atoms with van der Waals surface area (Å²) in [5.74, 6) is -14.9. The molecule has 0 saturated carbocycles. The van der Waals surface area contributed by atoms with E-state index in [0.717, 1.165) is 0 Å². The first-order valence-electron chi connectivity index (χ1n) is 3.73. The van der Waals surface area contributed by atoms with Gasteiger partial charge in [0, 0.05) is 11.3 Å². The molecule has 0 aliphatic rings. The van der Waals surface area contributed by atoms with E-state index in [-0.39, 0.29) is 4.13 Å². The van der Waals surface area contributed by atoms with Crippen LogP contribution in [0.25, 0.3) is 0 Å². The van der Waals surface area contributed by atoms with Gasteiger partial charge in [-0.2, -0.15) is 39.5 Å². The average molecular weight is 362 g/mol. The van der Waals surface area contributed by atoms with Crippen LogP contribution in [0, 0.1) is 0 Å². The molecule has 0 bridgehead atoms. The zero-order valence-electron chi connectivity index (χ0n) is 8.35. The summed E-state index contributed by atoms with van der Waals surface area (Å²) in [4.78, 5) is 0. The summed E-state index contributed by atoms with van der Waals surface area (Å²) in [5.41, 5.74) is 0. The molecule has 0 aromatic heterocycles. The Hall–Kier alpha value is -0.610. The molecule has 0 amide bonds. The van der Waals surface area contributed by atoms with E-state index in [9.17, 15) is 56.7 Å². The van der Waals surface area contributed by atoms with Gasteiger partial charge in [0.25, 0.3) is 10.0 Å². The Balaban J connectivity index is 6.01. The van der Waals surface area contributed by atoms with Gasteiger partial charge in [0.1, 0.15) is 0 Å². The molecule has 122 valence electrons. The summed E-state index contributed by atoms with van der Waals surface area (Å²) in [5, 5.41) is -7.07. The van der Waals surface area contributed by atoms with Gasteiger partial charge in [-0.05, 0) is 0 Å². The van der Waals surface area contributed by atoms with Crippen molar-refractivity contribution in [3.63, 3.8) is 0 Å². The fourth-order valence-corrected chi connectivity index (χ4v) is 2.27. The molecular weight excluding hydrogens is 361 g/mol. The summed E-state index contributed by atoms with van der Waals surface area (Å²) in [7, 11) is -7.09. The first kappa shape index (κ1) is 19.4. The highest BCUT2D eigenvalue weighted by Crippen LogP contribution is 2.54. The molecule has 0 fully saturated rings. The van der Waals surface area contributed by atoms with Crippen molar-refractivity contribution in [2.24, 2.45) is 0 Å². The molecule has 0 aliphatic heterocycles. The highest BCUT2D eigenvalue weighted by atomic mass is 32.3. The lowest BCUT2D eigenvalue weighted by atomic mass is 10.1. The summed E-state index contributed by atoms with van der Waals surface area (Å²) >= 11 is -4.19. The summed E-state index contributed by atoms with van der Waals surface area (Å²) < 4.78 is 150.